The van der Waals surface area contributed by atoms with Gasteiger partial charge in [-0.1, -0.05) is 115 Å². The molecule has 0 spiro atoms. The quantitative estimate of drug-likeness (QED) is 0.128. The minimum absolute atomic E-state index is 0.538. The van der Waals surface area contributed by atoms with Crippen LogP contribution in [0.4, 0.5) is 0 Å². The monoisotopic (exact) mass is 436 g/mol. The lowest BCUT2D eigenvalue weighted by atomic mass is 10.0. The van der Waals surface area contributed by atoms with Gasteiger partial charge in [0.2, 0.25) is 0 Å². The molecule has 0 aliphatic rings. The maximum atomic E-state index is 10.8. The number of hydrogen-bond donors (Lipinski definition) is 1. The molecule has 31 heavy (non-hydrogen) atoms. The van der Waals surface area contributed by atoms with Gasteiger partial charge in [-0.2, -0.15) is 0 Å². The van der Waals surface area contributed by atoms with Gasteiger partial charge in [0, 0.05) is 7.11 Å². The van der Waals surface area contributed by atoms with Crippen LogP contribution in [0.2, 0.25) is 0 Å². The fourth-order valence-electron chi connectivity index (χ4n) is 3.84. The second kappa shape index (κ2) is 23.6. The molecule has 0 fully saturated rings. The minimum atomic E-state index is -0.878. The molecule has 0 aliphatic heterocycles. The first-order chi connectivity index (χ1) is 15.1. The molecule has 3 heteroatoms. The van der Waals surface area contributed by atoms with Crippen LogP contribution in [0.1, 0.15) is 129 Å². The van der Waals surface area contributed by atoms with Gasteiger partial charge in [0.15, 0.2) is 6.10 Å². The van der Waals surface area contributed by atoms with Crippen molar-refractivity contribution in [3.63, 3.8) is 0 Å². The second-order valence-corrected chi connectivity index (χ2v) is 9.37. The van der Waals surface area contributed by atoms with E-state index in [1.165, 1.54) is 97.0 Å². The number of allylic oxidation sites excluding steroid dienone is 4. The molecule has 0 saturated carbocycles. The molecular weight excluding hydrogens is 384 g/mol. The van der Waals surface area contributed by atoms with Crippen LogP contribution in [0.25, 0.3) is 0 Å². The molecule has 0 heterocycles. The van der Waals surface area contributed by atoms with Crippen molar-refractivity contribution in [2.45, 2.75) is 136 Å². The van der Waals surface area contributed by atoms with Crippen molar-refractivity contribution in [3.05, 3.63) is 24.3 Å². The number of unbranched alkanes of at least 4 members (excludes halogenated alkanes) is 13. The third-order valence-corrected chi connectivity index (χ3v) is 5.89. The standard InChI is InChI=1S/C28H52O3/c1-26(2)24-22-20-18-16-14-12-10-8-6-4-5-7-9-11-13-15-17-19-21-23-25-27(31-3)28(29)30/h11,13,19,21,26-27H,4-10,12,14-18,20,22-25H2,1-3H3,(H,29,30). The minimum Gasteiger partial charge on any atom is -0.479 e. The summed E-state index contributed by atoms with van der Waals surface area (Å²) in [4.78, 5) is 10.8. The third kappa shape index (κ3) is 23.4. The van der Waals surface area contributed by atoms with E-state index >= 15 is 0 Å². The van der Waals surface area contributed by atoms with Crippen LogP contribution < -0.4 is 0 Å². The first kappa shape index (κ1) is 29.9. The lowest BCUT2D eigenvalue weighted by molar-refractivity contribution is -0.148. The summed E-state index contributed by atoms with van der Waals surface area (Å²) in [6.45, 7) is 4.65. The van der Waals surface area contributed by atoms with Crippen molar-refractivity contribution in [2.24, 2.45) is 5.92 Å². The van der Waals surface area contributed by atoms with E-state index < -0.39 is 12.1 Å². The van der Waals surface area contributed by atoms with Gasteiger partial charge >= 0.3 is 5.97 Å². The van der Waals surface area contributed by atoms with E-state index in [2.05, 4.69) is 38.2 Å². The fourth-order valence-corrected chi connectivity index (χ4v) is 3.84. The first-order valence-corrected chi connectivity index (χ1v) is 13.1. The van der Waals surface area contributed by atoms with E-state index in [0.29, 0.717) is 6.42 Å². The molecule has 0 aromatic heterocycles. The Morgan fingerprint density at radius 3 is 1.52 bits per heavy atom. The van der Waals surface area contributed by atoms with Crippen molar-refractivity contribution < 1.29 is 14.6 Å². The third-order valence-electron chi connectivity index (χ3n) is 5.89. The van der Waals surface area contributed by atoms with Crippen LogP contribution in [0, 0.1) is 5.92 Å². The zero-order valence-electron chi connectivity index (χ0n) is 21.0. The SMILES string of the molecule is COC(CCC=CCCC=CCCCCCCCCCCCCCCC(C)C)C(=O)O. The summed E-state index contributed by atoms with van der Waals surface area (Å²) in [6.07, 6.45) is 31.1. The van der Waals surface area contributed by atoms with Crippen molar-refractivity contribution in [2.75, 3.05) is 7.11 Å². The van der Waals surface area contributed by atoms with Gasteiger partial charge in [-0.15, -0.1) is 0 Å². The highest BCUT2D eigenvalue weighted by molar-refractivity contribution is 5.72. The first-order valence-electron chi connectivity index (χ1n) is 13.1. The maximum Gasteiger partial charge on any atom is 0.332 e. The highest BCUT2D eigenvalue weighted by Crippen LogP contribution is 2.14. The number of carboxylic acids is 1. The molecule has 0 aromatic rings. The molecule has 0 bridgehead atoms. The predicted molar refractivity (Wildman–Crippen MR) is 135 cm³/mol. The van der Waals surface area contributed by atoms with Gasteiger partial charge in [0.05, 0.1) is 0 Å². The molecule has 3 nitrogen and oxygen atoms in total. The van der Waals surface area contributed by atoms with Crippen LogP contribution in [0.5, 0.6) is 0 Å². The van der Waals surface area contributed by atoms with Crippen LogP contribution in [0.3, 0.4) is 0 Å². The molecule has 0 amide bonds. The Kier molecular flexibility index (Phi) is 22.7. The van der Waals surface area contributed by atoms with Crippen molar-refractivity contribution in [1.29, 1.82) is 0 Å². The molecule has 0 rings (SSSR count). The number of carbonyl (C=O) groups is 1. The number of aliphatic carboxylic acids is 1. The molecular formula is C28H52O3. The van der Waals surface area contributed by atoms with Crippen molar-refractivity contribution >= 4 is 5.97 Å². The summed E-state index contributed by atoms with van der Waals surface area (Å²) in [5, 5.41) is 8.89. The Labute approximate surface area is 193 Å². The van der Waals surface area contributed by atoms with E-state index in [0.717, 1.165) is 25.2 Å². The number of rotatable bonds is 23. The van der Waals surface area contributed by atoms with Crippen molar-refractivity contribution in [1.82, 2.24) is 0 Å². The van der Waals surface area contributed by atoms with Crippen LogP contribution >= 0.6 is 0 Å². The van der Waals surface area contributed by atoms with Gasteiger partial charge in [0.25, 0.3) is 0 Å². The smallest absolute Gasteiger partial charge is 0.332 e. The number of hydrogen-bond acceptors (Lipinski definition) is 2. The zero-order chi connectivity index (χ0) is 23.0. The number of methoxy groups -OCH3 is 1. The summed E-state index contributed by atoms with van der Waals surface area (Å²) in [5.74, 6) is -0.00443. The highest BCUT2D eigenvalue weighted by atomic mass is 16.5. The van der Waals surface area contributed by atoms with E-state index in [1.54, 1.807) is 0 Å². The molecule has 0 radical (unpaired) electrons. The van der Waals surface area contributed by atoms with Crippen LogP contribution in [-0.4, -0.2) is 24.3 Å². The summed E-state index contributed by atoms with van der Waals surface area (Å²) >= 11 is 0. The molecule has 1 atom stereocenters. The average molecular weight is 437 g/mol. The predicted octanol–water partition coefficient (Wildman–Crippen LogP) is 8.88. The zero-order valence-corrected chi connectivity index (χ0v) is 21.0. The van der Waals surface area contributed by atoms with Gasteiger partial charge < -0.3 is 9.84 Å². The summed E-state index contributed by atoms with van der Waals surface area (Å²) in [6, 6.07) is 0. The molecule has 0 aliphatic carbocycles. The summed E-state index contributed by atoms with van der Waals surface area (Å²) in [7, 11) is 1.45. The van der Waals surface area contributed by atoms with E-state index in [1.807, 2.05) is 0 Å². The second-order valence-electron chi connectivity index (χ2n) is 9.37. The molecule has 0 aromatic carbocycles. The Morgan fingerprint density at radius 2 is 1.06 bits per heavy atom. The Morgan fingerprint density at radius 1 is 0.645 bits per heavy atom. The average Bonchev–Trinajstić information content (AvgIpc) is 2.74. The Bertz CT molecular complexity index is 440. The highest BCUT2D eigenvalue weighted by Gasteiger charge is 2.14. The maximum absolute atomic E-state index is 10.8. The normalized spacial score (nSPS) is 13.0. The Hall–Kier alpha value is -1.09. The summed E-state index contributed by atoms with van der Waals surface area (Å²) in [5.41, 5.74) is 0. The van der Waals surface area contributed by atoms with Crippen LogP contribution in [0.15, 0.2) is 24.3 Å². The topological polar surface area (TPSA) is 46.5 Å². The van der Waals surface area contributed by atoms with E-state index in [9.17, 15) is 4.79 Å². The van der Waals surface area contributed by atoms with E-state index in [4.69, 9.17) is 9.84 Å². The van der Waals surface area contributed by atoms with Gasteiger partial charge in [-0.05, 0) is 44.4 Å². The van der Waals surface area contributed by atoms with Crippen molar-refractivity contribution in [3.8, 4) is 0 Å². The molecule has 1 N–H and O–H groups in total. The van der Waals surface area contributed by atoms with Gasteiger partial charge in [0.1, 0.15) is 0 Å². The fraction of sp³-hybridized carbons (Fsp3) is 0.821. The van der Waals surface area contributed by atoms with E-state index in [-0.39, 0.29) is 0 Å². The lowest BCUT2D eigenvalue weighted by Gasteiger charge is -2.07. The van der Waals surface area contributed by atoms with Crippen LogP contribution in [-0.2, 0) is 9.53 Å². The Balaban J connectivity index is 3.26. The molecule has 1 unspecified atom stereocenters. The largest absolute Gasteiger partial charge is 0.479 e. The number of ether oxygens (including phenoxy) is 1. The van der Waals surface area contributed by atoms with Gasteiger partial charge in [-0.25, -0.2) is 4.79 Å². The lowest BCUT2D eigenvalue weighted by Crippen LogP contribution is -2.21. The van der Waals surface area contributed by atoms with Gasteiger partial charge in [-0.3, -0.25) is 0 Å². The molecule has 0 saturated heterocycles. The summed E-state index contributed by atoms with van der Waals surface area (Å²) < 4.78 is 4.92. The number of carboxylic acid groups (broad SMARTS) is 1. The molecule has 182 valence electrons.